The number of rotatable bonds is 6. The van der Waals surface area contributed by atoms with Crippen LogP contribution in [0.4, 0.5) is 11.9 Å². The molecule has 1 rings (SSSR count). The van der Waals surface area contributed by atoms with Crippen molar-refractivity contribution in [3.05, 3.63) is 0 Å². The molecule has 1 aromatic heterocycles. The first-order valence-corrected chi connectivity index (χ1v) is 5.87. The van der Waals surface area contributed by atoms with Crippen LogP contribution in [0.2, 0.25) is 0 Å². The second kappa shape index (κ2) is 6.22. The van der Waals surface area contributed by atoms with E-state index in [-0.39, 0.29) is 6.04 Å². The maximum absolute atomic E-state index is 5.04. The smallest absolute Gasteiger partial charge is 0.322 e. The highest BCUT2D eigenvalue weighted by molar-refractivity contribution is 5.36. The summed E-state index contributed by atoms with van der Waals surface area (Å²) in [7, 11) is 1.54. The number of nitrogens with zero attached hydrogens (tertiary/aromatic N) is 3. The Balaban J connectivity index is 2.86. The molecule has 6 nitrogen and oxygen atoms in total. The molecule has 0 bridgehead atoms. The minimum absolute atomic E-state index is 0.289. The fourth-order valence-electron chi connectivity index (χ4n) is 1.12. The lowest BCUT2D eigenvalue weighted by atomic mass is 10.1. The highest BCUT2D eigenvalue weighted by atomic mass is 16.5. The molecule has 0 saturated carbocycles. The Morgan fingerprint density at radius 1 is 1.12 bits per heavy atom. The van der Waals surface area contributed by atoms with Gasteiger partial charge in [-0.05, 0) is 19.8 Å². The van der Waals surface area contributed by atoms with Crippen LogP contribution in [0.5, 0.6) is 6.01 Å². The van der Waals surface area contributed by atoms with Gasteiger partial charge in [0.2, 0.25) is 11.9 Å². The maximum Gasteiger partial charge on any atom is 0.322 e. The summed E-state index contributed by atoms with van der Waals surface area (Å²) in [6.45, 7) is 9.11. The maximum atomic E-state index is 5.04. The summed E-state index contributed by atoms with van der Waals surface area (Å²) in [5.41, 5.74) is 0. The van der Waals surface area contributed by atoms with Gasteiger partial charge in [-0.25, -0.2) is 0 Å². The number of nitrogens with one attached hydrogen (secondary N) is 2. The largest absolute Gasteiger partial charge is 0.467 e. The van der Waals surface area contributed by atoms with Gasteiger partial charge in [-0.15, -0.1) is 0 Å². The molecule has 0 saturated heterocycles. The predicted molar refractivity (Wildman–Crippen MR) is 68.5 cm³/mol. The Labute approximate surface area is 102 Å². The number of aromatic nitrogens is 3. The fourth-order valence-corrected chi connectivity index (χ4v) is 1.12. The normalized spacial score (nSPS) is 12.4. The average Bonchev–Trinajstić information content (AvgIpc) is 2.28. The zero-order valence-electron chi connectivity index (χ0n) is 11.1. The summed E-state index contributed by atoms with van der Waals surface area (Å²) in [6.07, 6.45) is 0. The first kappa shape index (κ1) is 13.5. The number of ether oxygens (including phenoxy) is 1. The third kappa shape index (κ3) is 4.05. The molecule has 0 aromatic carbocycles. The topological polar surface area (TPSA) is 72.0 Å². The van der Waals surface area contributed by atoms with Crippen molar-refractivity contribution >= 4 is 11.9 Å². The molecule has 1 unspecified atom stereocenters. The Hall–Kier alpha value is -1.59. The summed E-state index contributed by atoms with van der Waals surface area (Å²) in [5.74, 6) is 1.56. The third-order valence-corrected chi connectivity index (χ3v) is 2.49. The van der Waals surface area contributed by atoms with Crippen molar-refractivity contribution < 1.29 is 4.74 Å². The van der Waals surface area contributed by atoms with Crippen molar-refractivity contribution in [2.45, 2.75) is 33.7 Å². The SMILES string of the molecule is CCNc1nc(NC(C)C(C)C)nc(OC)n1. The van der Waals surface area contributed by atoms with Crippen LogP contribution >= 0.6 is 0 Å². The molecule has 17 heavy (non-hydrogen) atoms. The Kier molecular flexibility index (Phi) is 4.93. The van der Waals surface area contributed by atoms with Crippen LogP contribution in [0, 0.1) is 5.92 Å². The van der Waals surface area contributed by atoms with Crippen LogP contribution in [0.1, 0.15) is 27.7 Å². The highest BCUT2D eigenvalue weighted by Gasteiger charge is 2.11. The first-order valence-electron chi connectivity index (χ1n) is 5.87. The van der Waals surface area contributed by atoms with Crippen molar-refractivity contribution in [2.75, 3.05) is 24.3 Å². The monoisotopic (exact) mass is 239 g/mol. The van der Waals surface area contributed by atoms with Crippen molar-refractivity contribution in [1.82, 2.24) is 15.0 Å². The van der Waals surface area contributed by atoms with Crippen LogP contribution < -0.4 is 15.4 Å². The third-order valence-electron chi connectivity index (χ3n) is 2.49. The van der Waals surface area contributed by atoms with Gasteiger partial charge in [-0.3, -0.25) is 0 Å². The molecule has 1 atom stereocenters. The number of hydrogen-bond acceptors (Lipinski definition) is 6. The first-order chi connectivity index (χ1) is 8.06. The van der Waals surface area contributed by atoms with E-state index in [1.807, 2.05) is 6.92 Å². The number of hydrogen-bond donors (Lipinski definition) is 2. The molecule has 6 heteroatoms. The second-order valence-electron chi connectivity index (χ2n) is 4.18. The van der Waals surface area contributed by atoms with Gasteiger partial charge in [0.25, 0.3) is 0 Å². The molecule has 2 N–H and O–H groups in total. The van der Waals surface area contributed by atoms with Gasteiger partial charge in [0, 0.05) is 12.6 Å². The highest BCUT2D eigenvalue weighted by Crippen LogP contribution is 2.13. The summed E-state index contributed by atoms with van der Waals surface area (Å²) >= 11 is 0. The molecule has 0 spiro atoms. The Bertz CT molecular complexity index is 356. The van der Waals surface area contributed by atoms with Crippen molar-refractivity contribution in [3.63, 3.8) is 0 Å². The van der Waals surface area contributed by atoms with Crippen LogP contribution in [-0.4, -0.2) is 34.6 Å². The quantitative estimate of drug-likeness (QED) is 0.788. The van der Waals surface area contributed by atoms with E-state index in [9.17, 15) is 0 Å². The minimum Gasteiger partial charge on any atom is -0.467 e. The molecule has 96 valence electrons. The number of methoxy groups -OCH3 is 1. The Morgan fingerprint density at radius 3 is 2.29 bits per heavy atom. The van der Waals surface area contributed by atoms with Gasteiger partial charge in [-0.2, -0.15) is 15.0 Å². The summed E-state index contributed by atoms with van der Waals surface area (Å²) in [6, 6.07) is 0.603. The molecule has 1 aromatic rings. The van der Waals surface area contributed by atoms with E-state index in [1.165, 1.54) is 0 Å². The van der Waals surface area contributed by atoms with Crippen molar-refractivity contribution in [2.24, 2.45) is 5.92 Å². The summed E-state index contributed by atoms with van der Waals surface area (Å²) < 4.78 is 5.04. The van der Waals surface area contributed by atoms with E-state index in [4.69, 9.17) is 4.74 Å². The molecule has 0 aliphatic rings. The molecule has 0 amide bonds. The van der Waals surface area contributed by atoms with Crippen LogP contribution in [0.3, 0.4) is 0 Å². The number of anilines is 2. The molecular weight excluding hydrogens is 218 g/mol. The fraction of sp³-hybridized carbons (Fsp3) is 0.727. The average molecular weight is 239 g/mol. The molecule has 0 fully saturated rings. The van der Waals surface area contributed by atoms with Gasteiger partial charge in [0.1, 0.15) is 0 Å². The molecule has 0 radical (unpaired) electrons. The van der Waals surface area contributed by atoms with Gasteiger partial charge in [0.05, 0.1) is 7.11 Å². The van der Waals surface area contributed by atoms with Gasteiger partial charge >= 0.3 is 6.01 Å². The van der Waals surface area contributed by atoms with Crippen LogP contribution in [0.25, 0.3) is 0 Å². The van der Waals surface area contributed by atoms with Gasteiger partial charge in [0.15, 0.2) is 0 Å². The van der Waals surface area contributed by atoms with E-state index >= 15 is 0 Å². The molecule has 1 heterocycles. The van der Waals surface area contributed by atoms with Crippen molar-refractivity contribution in [3.8, 4) is 6.01 Å². The van der Waals surface area contributed by atoms with Crippen LogP contribution in [0.15, 0.2) is 0 Å². The van der Waals surface area contributed by atoms with E-state index in [2.05, 4.69) is 46.4 Å². The lowest BCUT2D eigenvalue weighted by molar-refractivity contribution is 0.379. The van der Waals surface area contributed by atoms with E-state index in [0.717, 1.165) is 6.54 Å². The predicted octanol–water partition coefficient (Wildman–Crippen LogP) is 1.77. The second-order valence-corrected chi connectivity index (χ2v) is 4.18. The zero-order valence-corrected chi connectivity index (χ0v) is 11.1. The van der Waals surface area contributed by atoms with Crippen molar-refractivity contribution in [1.29, 1.82) is 0 Å². The summed E-state index contributed by atoms with van der Waals surface area (Å²) in [4.78, 5) is 12.5. The van der Waals surface area contributed by atoms with E-state index in [1.54, 1.807) is 7.11 Å². The van der Waals surface area contributed by atoms with Crippen LogP contribution in [-0.2, 0) is 0 Å². The molecule has 0 aliphatic heterocycles. The van der Waals surface area contributed by atoms with E-state index in [0.29, 0.717) is 23.8 Å². The lowest BCUT2D eigenvalue weighted by Gasteiger charge is -2.17. The minimum atomic E-state index is 0.289. The van der Waals surface area contributed by atoms with Gasteiger partial charge in [-0.1, -0.05) is 13.8 Å². The van der Waals surface area contributed by atoms with E-state index < -0.39 is 0 Å². The zero-order chi connectivity index (χ0) is 12.8. The Morgan fingerprint density at radius 2 is 1.76 bits per heavy atom. The van der Waals surface area contributed by atoms with Gasteiger partial charge < -0.3 is 15.4 Å². The molecular formula is C11H21N5O. The summed E-state index contributed by atoms with van der Waals surface area (Å²) in [5, 5.41) is 6.28. The lowest BCUT2D eigenvalue weighted by Crippen LogP contribution is -2.23. The standard InChI is InChI=1S/C11H21N5O/c1-6-12-9-14-10(13-8(4)7(2)3)16-11(15-9)17-5/h7-8H,6H2,1-5H3,(H2,12,13,14,15,16). The molecule has 0 aliphatic carbocycles.